The van der Waals surface area contributed by atoms with Crippen molar-refractivity contribution in [1.29, 1.82) is 0 Å². The van der Waals surface area contributed by atoms with E-state index in [4.69, 9.17) is 4.74 Å². The molecule has 2 rings (SSSR count). The largest absolute Gasteiger partial charge is 0.496 e. The van der Waals surface area contributed by atoms with Gasteiger partial charge < -0.3 is 4.74 Å². The molecule has 18 heavy (non-hydrogen) atoms. The van der Waals surface area contributed by atoms with Gasteiger partial charge in [0.15, 0.2) is 5.78 Å². The maximum atomic E-state index is 13.7. The summed E-state index contributed by atoms with van der Waals surface area (Å²) < 4.78 is 18.8. The van der Waals surface area contributed by atoms with Gasteiger partial charge >= 0.3 is 0 Å². The molecule has 0 N–H and O–H groups in total. The minimum Gasteiger partial charge on any atom is -0.496 e. The summed E-state index contributed by atoms with van der Waals surface area (Å²) in [4.78, 5) is 12.2. The highest BCUT2D eigenvalue weighted by molar-refractivity contribution is 7.99. The van der Waals surface area contributed by atoms with Gasteiger partial charge in [0.05, 0.1) is 12.7 Å². The predicted octanol–water partition coefficient (Wildman–Crippen LogP) is 3.55. The van der Waals surface area contributed by atoms with E-state index in [0.29, 0.717) is 18.1 Å². The molecule has 0 unspecified atom stereocenters. The van der Waals surface area contributed by atoms with Crippen LogP contribution in [0.25, 0.3) is 0 Å². The number of carbonyl (C=O) groups is 1. The van der Waals surface area contributed by atoms with E-state index in [2.05, 4.69) is 0 Å². The molecule has 1 aromatic rings. The van der Waals surface area contributed by atoms with Crippen LogP contribution in [0.4, 0.5) is 4.39 Å². The van der Waals surface area contributed by atoms with E-state index < -0.39 is 5.82 Å². The van der Waals surface area contributed by atoms with Crippen LogP contribution in [0.2, 0.25) is 0 Å². The van der Waals surface area contributed by atoms with Gasteiger partial charge in [0, 0.05) is 6.42 Å². The third-order valence-corrected chi connectivity index (χ3v) is 4.34. The third kappa shape index (κ3) is 3.05. The molecule has 0 aliphatic carbocycles. The molecule has 0 radical (unpaired) electrons. The van der Waals surface area contributed by atoms with Gasteiger partial charge in [-0.2, -0.15) is 11.8 Å². The first-order valence-electron chi connectivity index (χ1n) is 6.16. The predicted molar refractivity (Wildman–Crippen MR) is 71.9 cm³/mol. The molecule has 0 amide bonds. The number of benzene rings is 1. The van der Waals surface area contributed by atoms with E-state index in [9.17, 15) is 9.18 Å². The second kappa shape index (κ2) is 6.23. The lowest BCUT2D eigenvalue weighted by Crippen LogP contribution is -2.16. The monoisotopic (exact) mass is 268 g/mol. The van der Waals surface area contributed by atoms with E-state index in [0.717, 1.165) is 24.3 Å². The first-order chi connectivity index (χ1) is 8.72. The number of hydrogen-bond donors (Lipinski definition) is 0. The van der Waals surface area contributed by atoms with E-state index in [1.165, 1.54) is 13.2 Å². The van der Waals surface area contributed by atoms with Crippen LogP contribution in [0.1, 0.15) is 29.6 Å². The lowest BCUT2D eigenvalue weighted by atomic mass is 9.93. The van der Waals surface area contributed by atoms with Crippen LogP contribution >= 0.6 is 11.8 Å². The smallest absolute Gasteiger partial charge is 0.169 e. The lowest BCUT2D eigenvalue weighted by molar-refractivity contribution is 0.0951. The lowest BCUT2D eigenvalue weighted by Gasteiger charge is -2.20. The van der Waals surface area contributed by atoms with E-state index in [-0.39, 0.29) is 11.3 Å². The molecule has 98 valence electrons. The van der Waals surface area contributed by atoms with Crippen molar-refractivity contribution in [1.82, 2.24) is 0 Å². The highest BCUT2D eigenvalue weighted by Gasteiger charge is 2.22. The first-order valence-corrected chi connectivity index (χ1v) is 7.31. The fraction of sp³-hybridized carbons (Fsp3) is 0.500. The van der Waals surface area contributed by atoms with Crippen molar-refractivity contribution in [3.05, 3.63) is 29.6 Å². The SMILES string of the molecule is COc1cccc(F)c1C(=O)CC1CCSCC1. The number of hydrogen-bond acceptors (Lipinski definition) is 3. The number of carbonyl (C=O) groups excluding carboxylic acids is 1. The summed E-state index contributed by atoms with van der Waals surface area (Å²) in [6, 6.07) is 4.50. The van der Waals surface area contributed by atoms with Crippen LogP contribution in [-0.4, -0.2) is 24.4 Å². The van der Waals surface area contributed by atoms with Crippen molar-refractivity contribution in [3.63, 3.8) is 0 Å². The average Bonchev–Trinajstić information content (AvgIpc) is 2.39. The molecule has 1 aliphatic rings. The summed E-state index contributed by atoms with van der Waals surface area (Å²) in [5.74, 6) is 2.32. The van der Waals surface area contributed by atoms with Crippen LogP contribution in [-0.2, 0) is 0 Å². The van der Waals surface area contributed by atoms with E-state index in [1.807, 2.05) is 11.8 Å². The zero-order valence-electron chi connectivity index (χ0n) is 10.4. The van der Waals surface area contributed by atoms with Gasteiger partial charge in [-0.3, -0.25) is 4.79 Å². The molecule has 4 heteroatoms. The molecular weight excluding hydrogens is 251 g/mol. The van der Waals surface area contributed by atoms with Crippen molar-refractivity contribution in [2.24, 2.45) is 5.92 Å². The van der Waals surface area contributed by atoms with Crippen molar-refractivity contribution >= 4 is 17.5 Å². The topological polar surface area (TPSA) is 26.3 Å². The van der Waals surface area contributed by atoms with Crippen molar-refractivity contribution in [2.75, 3.05) is 18.6 Å². The Morgan fingerprint density at radius 1 is 1.44 bits per heavy atom. The maximum Gasteiger partial charge on any atom is 0.169 e. The number of halogens is 1. The third-order valence-electron chi connectivity index (χ3n) is 3.29. The minimum absolute atomic E-state index is 0.109. The molecule has 0 aromatic heterocycles. The molecule has 1 heterocycles. The van der Waals surface area contributed by atoms with Crippen LogP contribution in [0.3, 0.4) is 0 Å². The Hall–Kier alpha value is -1.03. The number of thioether (sulfide) groups is 1. The molecule has 1 aliphatic heterocycles. The van der Waals surface area contributed by atoms with Crippen molar-refractivity contribution in [3.8, 4) is 5.75 Å². The van der Waals surface area contributed by atoms with Gasteiger partial charge in [0.1, 0.15) is 11.6 Å². The number of ether oxygens (including phenoxy) is 1. The molecule has 2 nitrogen and oxygen atoms in total. The summed E-state index contributed by atoms with van der Waals surface area (Å²) in [7, 11) is 1.46. The molecule has 1 aromatic carbocycles. The normalized spacial score (nSPS) is 16.6. The highest BCUT2D eigenvalue weighted by atomic mass is 32.2. The van der Waals surface area contributed by atoms with Gasteiger partial charge in [-0.15, -0.1) is 0 Å². The van der Waals surface area contributed by atoms with E-state index >= 15 is 0 Å². The fourth-order valence-corrected chi connectivity index (χ4v) is 3.46. The summed E-state index contributed by atoms with van der Waals surface area (Å²) in [6.07, 6.45) is 2.53. The minimum atomic E-state index is -0.482. The van der Waals surface area contributed by atoms with E-state index in [1.54, 1.807) is 12.1 Å². The molecule has 0 saturated carbocycles. The van der Waals surface area contributed by atoms with Gasteiger partial charge in [-0.1, -0.05) is 6.07 Å². The molecule has 1 fully saturated rings. The summed E-state index contributed by atoms with van der Waals surface area (Å²) in [5.41, 5.74) is 0.109. The molecular formula is C14H17FO2S. The average molecular weight is 268 g/mol. The molecule has 0 bridgehead atoms. The number of rotatable bonds is 4. The van der Waals surface area contributed by atoms with Gasteiger partial charge in [-0.05, 0) is 42.4 Å². The number of Topliss-reactive ketones (excluding diaryl/α,β-unsaturated/α-hetero) is 1. The molecule has 0 spiro atoms. The standard InChI is InChI=1S/C14H17FO2S/c1-17-13-4-2-3-11(15)14(13)12(16)9-10-5-7-18-8-6-10/h2-4,10H,5-9H2,1H3. The molecule has 1 saturated heterocycles. The fourth-order valence-electron chi connectivity index (χ4n) is 2.26. The molecule has 0 atom stereocenters. The summed E-state index contributed by atoms with van der Waals surface area (Å²) in [5, 5.41) is 0. The summed E-state index contributed by atoms with van der Waals surface area (Å²) in [6.45, 7) is 0. The van der Waals surface area contributed by atoms with Crippen LogP contribution in [0.5, 0.6) is 5.75 Å². The number of ketones is 1. The number of methoxy groups -OCH3 is 1. The Morgan fingerprint density at radius 2 is 2.17 bits per heavy atom. The highest BCUT2D eigenvalue weighted by Crippen LogP contribution is 2.29. The van der Waals surface area contributed by atoms with Crippen LogP contribution in [0, 0.1) is 11.7 Å². The van der Waals surface area contributed by atoms with Gasteiger partial charge in [0.2, 0.25) is 0 Å². The maximum absolute atomic E-state index is 13.7. The van der Waals surface area contributed by atoms with Crippen LogP contribution < -0.4 is 4.74 Å². The zero-order valence-corrected chi connectivity index (χ0v) is 11.3. The van der Waals surface area contributed by atoms with Crippen molar-refractivity contribution in [2.45, 2.75) is 19.3 Å². The van der Waals surface area contributed by atoms with Crippen LogP contribution in [0.15, 0.2) is 18.2 Å². The van der Waals surface area contributed by atoms with Gasteiger partial charge in [-0.25, -0.2) is 4.39 Å². The second-order valence-electron chi connectivity index (χ2n) is 4.50. The second-order valence-corrected chi connectivity index (χ2v) is 5.72. The Balaban J connectivity index is 2.12. The Morgan fingerprint density at radius 3 is 2.83 bits per heavy atom. The Bertz CT molecular complexity index is 428. The van der Waals surface area contributed by atoms with Crippen molar-refractivity contribution < 1.29 is 13.9 Å². The zero-order chi connectivity index (χ0) is 13.0. The first kappa shape index (κ1) is 13.4. The Labute approximate surface area is 111 Å². The van der Waals surface area contributed by atoms with Gasteiger partial charge in [0.25, 0.3) is 0 Å². The quantitative estimate of drug-likeness (QED) is 0.781. The summed E-state index contributed by atoms with van der Waals surface area (Å²) >= 11 is 1.92. The Kier molecular flexibility index (Phi) is 4.64.